The molecular formula is C13H15Br2NO4S. The van der Waals surface area contributed by atoms with Crippen molar-refractivity contribution in [2.45, 2.75) is 37.1 Å². The normalized spacial score (nSPS) is 26.0. The van der Waals surface area contributed by atoms with E-state index in [0.717, 1.165) is 0 Å². The van der Waals surface area contributed by atoms with Gasteiger partial charge in [-0.15, -0.1) is 0 Å². The molecule has 0 aliphatic heterocycles. The van der Waals surface area contributed by atoms with Crippen molar-refractivity contribution in [2.24, 2.45) is 5.41 Å². The molecule has 0 heterocycles. The lowest BCUT2D eigenvalue weighted by molar-refractivity contribution is -0.148. The number of rotatable bonds is 4. The summed E-state index contributed by atoms with van der Waals surface area (Å²) in [7, 11) is -3.79. The molecule has 0 aromatic heterocycles. The Morgan fingerprint density at radius 3 is 2.71 bits per heavy atom. The third-order valence-electron chi connectivity index (χ3n) is 3.93. The zero-order chi connectivity index (χ0) is 15.8. The third kappa shape index (κ3) is 3.33. The lowest BCUT2D eigenvalue weighted by atomic mass is 9.85. The number of carbonyl (C=O) groups is 1. The van der Waals surface area contributed by atoms with Gasteiger partial charge in [-0.3, -0.25) is 4.79 Å². The van der Waals surface area contributed by atoms with Crippen LogP contribution in [-0.2, 0) is 14.8 Å². The van der Waals surface area contributed by atoms with E-state index in [1.807, 2.05) is 0 Å². The molecule has 2 unspecified atom stereocenters. The van der Waals surface area contributed by atoms with Crippen LogP contribution in [0.4, 0.5) is 0 Å². The topological polar surface area (TPSA) is 83.5 Å². The van der Waals surface area contributed by atoms with Crippen LogP contribution in [0, 0.1) is 5.41 Å². The molecule has 1 fully saturated rings. The quantitative estimate of drug-likeness (QED) is 0.753. The molecule has 1 aliphatic carbocycles. The molecule has 0 spiro atoms. The van der Waals surface area contributed by atoms with E-state index in [9.17, 15) is 18.3 Å². The highest BCUT2D eigenvalue weighted by Crippen LogP contribution is 2.39. The summed E-state index contributed by atoms with van der Waals surface area (Å²) in [5.41, 5.74) is -1.06. The summed E-state index contributed by atoms with van der Waals surface area (Å²) in [6.45, 7) is 1.59. The van der Waals surface area contributed by atoms with Crippen LogP contribution >= 0.6 is 31.9 Å². The molecule has 2 N–H and O–H groups in total. The minimum atomic E-state index is -3.79. The van der Waals surface area contributed by atoms with Gasteiger partial charge in [-0.1, -0.05) is 22.4 Å². The molecule has 1 saturated carbocycles. The number of hydrogen-bond acceptors (Lipinski definition) is 3. The fourth-order valence-electron chi connectivity index (χ4n) is 2.55. The minimum Gasteiger partial charge on any atom is -0.481 e. The first-order chi connectivity index (χ1) is 9.67. The molecule has 8 heteroatoms. The highest BCUT2D eigenvalue weighted by Gasteiger charge is 2.47. The molecule has 0 saturated heterocycles. The first-order valence-corrected chi connectivity index (χ1v) is 9.44. The molecule has 5 nitrogen and oxygen atoms in total. The monoisotopic (exact) mass is 439 g/mol. The van der Waals surface area contributed by atoms with Gasteiger partial charge in [0.2, 0.25) is 10.0 Å². The van der Waals surface area contributed by atoms with Crippen LogP contribution in [0.1, 0.15) is 26.2 Å². The molecule has 0 radical (unpaired) electrons. The van der Waals surface area contributed by atoms with Crippen molar-refractivity contribution in [2.75, 3.05) is 0 Å². The predicted octanol–water partition coefficient (Wildman–Crippen LogP) is 3.13. The Balaban J connectivity index is 2.34. The molecule has 1 aromatic carbocycles. The molecule has 21 heavy (non-hydrogen) atoms. The van der Waals surface area contributed by atoms with Crippen molar-refractivity contribution in [1.29, 1.82) is 0 Å². The van der Waals surface area contributed by atoms with Gasteiger partial charge in [0, 0.05) is 15.0 Å². The zero-order valence-corrected chi connectivity index (χ0v) is 15.3. The molecular weight excluding hydrogens is 426 g/mol. The van der Waals surface area contributed by atoms with E-state index in [1.165, 1.54) is 6.07 Å². The van der Waals surface area contributed by atoms with Crippen LogP contribution in [0.25, 0.3) is 0 Å². The van der Waals surface area contributed by atoms with Gasteiger partial charge in [-0.05, 0) is 53.9 Å². The van der Waals surface area contributed by atoms with Crippen LogP contribution in [-0.4, -0.2) is 25.5 Å². The standard InChI is InChI=1S/C13H15Br2NO4S/c1-13(12(17)18)6-2-3-11(13)16-21(19,20)10-7-8(14)4-5-9(10)15/h4-5,7,11,16H,2-3,6H2,1H3,(H,17,18). The van der Waals surface area contributed by atoms with Gasteiger partial charge in [0.15, 0.2) is 0 Å². The summed E-state index contributed by atoms with van der Waals surface area (Å²) in [5, 5.41) is 9.36. The second-order valence-corrected chi connectivity index (χ2v) is 8.82. The van der Waals surface area contributed by atoms with Crippen LogP contribution in [0.3, 0.4) is 0 Å². The number of nitrogens with one attached hydrogen (secondary N) is 1. The van der Waals surface area contributed by atoms with Crippen molar-refractivity contribution in [1.82, 2.24) is 4.72 Å². The fraction of sp³-hybridized carbons (Fsp3) is 0.462. The van der Waals surface area contributed by atoms with Gasteiger partial charge in [0.1, 0.15) is 0 Å². The highest BCUT2D eigenvalue weighted by molar-refractivity contribution is 9.11. The molecule has 0 bridgehead atoms. The Bertz CT molecular complexity index is 677. The van der Waals surface area contributed by atoms with E-state index in [4.69, 9.17) is 0 Å². The summed E-state index contributed by atoms with van der Waals surface area (Å²) >= 11 is 6.46. The third-order valence-corrected chi connectivity index (χ3v) is 6.89. The van der Waals surface area contributed by atoms with E-state index >= 15 is 0 Å². The lowest BCUT2D eigenvalue weighted by Gasteiger charge is -2.27. The number of benzene rings is 1. The second-order valence-electron chi connectivity index (χ2n) is 5.36. The average molecular weight is 441 g/mol. The lowest BCUT2D eigenvalue weighted by Crippen LogP contribution is -2.47. The fourth-order valence-corrected chi connectivity index (χ4v) is 5.43. The highest BCUT2D eigenvalue weighted by atomic mass is 79.9. The van der Waals surface area contributed by atoms with Gasteiger partial charge >= 0.3 is 5.97 Å². The Hall–Kier alpha value is -0.440. The van der Waals surface area contributed by atoms with Crippen LogP contribution in [0.15, 0.2) is 32.0 Å². The Labute approximate surface area is 140 Å². The maximum absolute atomic E-state index is 12.5. The first-order valence-electron chi connectivity index (χ1n) is 6.37. The smallest absolute Gasteiger partial charge is 0.310 e. The largest absolute Gasteiger partial charge is 0.481 e. The number of aliphatic carboxylic acids is 1. The summed E-state index contributed by atoms with van der Waals surface area (Å²) in [4.78, 5) is 11.5. The molecule has 0 amide bonds. The SMILES string of the molecule is CC1(C(=O)O)CCCC1NS(=O)(=O)c1cc(Br)ccc1Br. The zero-order valence-electron chi connectivity index (χ0n) is 11.3. The Morgan fingerprint density at radius 2 is 2.10 bits per heavy atom. The summed E-state index contributed by atoms with van der Waals surface area (Å²) < 4.78 is 28.7. The van der Waals surface area contributed by atoms with Gasteiger partial charge in [0.05, 0.1) is 10.3 Å². The van der Waals surface area contributed by atoms with Crippen molar-refractivity contribution in [3.63, 3.8) is 0 Å². The predicted molar refractivity (Wildman–Crippen MR) is 85.5 cm³/mol. The van der Waals surface area contributed by atoms with E-state index in [0.29, 0.717) is 28.2 Å². The summed E-state index contributed by atoms with van der Waals surface area (Å²) in [6, 6.07) is 4.23. The first kappa shape index (κ1) is 16.9. The van der Waals surface area contributed by atoms with Gasteiger partial charge in [0.25, 0.3) is 0 Å². The number of carboxylic acid groups (broad SMARTS) is 1. The van der Waals surface area contributed by atoms with Gasteiger partial charge in [-0.25, -0.2) is 13.1 Å². The Kier molecular flexibility index (Phi) is 4.82. The van der Waals surface area contributed by atoms with Gasteiger partial charge in [-0.2, -0.15) is 0 Å². The van der Waals surface area contributed by atoms with Gasteiger partial charge < -0.3 is 5.11 Å². The van der Waals surface area contributed by atoms with Crippen molar-refractivity contribution in [3.8, 4) is 0 Å². The van der Waals surface area contributed by atoms with Crippen LogP contribution in [0.5, 0.6) is 0 Å². The minimum absolute atomic E-state index is 0.0940. The van der Waals surface area contributed by atoms with E-state index in [1.54, 1.807) is 19.1 Å². The second kappa shape index (κ2) is 5.98. The van der Waals surface area contributed by atoms with Crippen molar-refractivity contribution >= 4 is 47.9 Å². The van der Waals surface area contributed by atoms with Crippen LogP contribution < -0.4 is 4.72 Å². The van der Waals surface area contributed by atoms with E-state index < -0.39 is 27.4 Å². The van der Waals surface area contributed by atoms with E-state index in [-0.39, 0.29) is 4.90 Å². The molecule has 2 atom stereocenters. The molecule has 1 aliphatic rings. The summed E-state index contributed by atoms with van der Waals surface area (Å²) in [6.07, 6.45) is 1.68. The number of carboxylic acids is 1. The number of sulfonamides is 1. The maximum atomic E-state index is 12.5. The maximum Gasteiger partial charge on any atom is 0.310 e. The van der Waals surface area contributed by atoms with Crippen molar-refractivity contribution in [3.05, 3.63) is 27.1 Å². The molecule has 2 rings (SSSR count). The average Bonchev–Trinajstić information content (AvgIpc) is 2.74. The molecule has 1 aromatic rings. The van der Waals surface area contributed by atoms with Crippen molar-refractivity contribution < 1.29 is 18.3 Å². The Morgan fingerprint density at radius 1 is 1.43 bits per heavy atom. The van der Waals surface area contributed by atoms with Crippen LogP contribution in [0.2, 0.25) is 0 Å². The van der Waals surface area contributed by atoms with E-state index in [2.05, 4.69) is 36.6 Å². The number of halogens is 2. The molecule has 116 valence electrons. The summed E-state index contributed by atoms with van der Waals surface area (Å²) in [5.74, 6) is -0.971. The number of hydrogen-bond donors (Lipinski definition) is 2.